The molecule has 0 aromatic heterocycles. The summed E-state index contributed by atoms with van der Waals surface area (Å²) in [6, 6.07) is 2.66. The summed E-state index contributed by atoms with van der Waals surface area (Å²) in [4.78, 5) is 57.4. The smallest absolute Gasteiger partial charge is 0.409 e. The summed E-state index contributed by atoms with van der Waals surface area (Å²) in [5.74, 6) is -1.58. The normalized spacial score (nSPS) is 32.9. The van der Waals surface area contributed by atoms with Gasteiger partial charge in [0, 0.05) is 39.5 Å². The Kier molecular flexibility index (Phi) is 13.0. The first-order valence-corrected chi connectivity index (χ1v) is 19.0. The summed E-state index contributed by atoms with van der Waals surface area (Å²) in [7, 11) is 6.12. The number of esters is 1. The molecular weight excluding hydrogens is 720 g/mol. The van der Waals surface area contributed by atoms with Crippen molar-refractivity contribution in [2.75, 3.05) is 46.3 Å². The van der Waals surface area contributed by atoms with Crippen LogP contribution < -0.4 is 20.3 Å². The molecule has 1 aromatic rings. The Bertz CT molecular complexity index is 1650. The number of fused-ring (bicyclic) bond motifs is 5. The van der Waals surface area contributed by atoms with Gasteiger partial charge in [-0.2, -0.15) is 0 Å². The minimum atomic E-state index is -1.82. The number of rotatable bonds is 7. The van der Waals surface area contributed by atoms with Gasteiger partial charge in [-0.15, -0.1) is 0 Å². The number of carbonyl (C=O) groups is 4. The molecular formula is C39H55ClN4O10. The second kappa shape index (κ2) is 17.0. The van der Waals surface area contributed by atoms with Gasteiger partial charge in [0.1, 0.15) is 40.7 Å². The van der Waals surface area contributed by atoms with E-state index in [-0.39, 0.29) is 29.7 Å². The van der Waals surface area contributed by atoms with Crippen LogP contribution >= 0.6 is 11.6 Å². The van der Waals surface area contributed by atoms with E-state index in [2.05, 4.69) is 10.6 Å². The van der Waals surface area contributed by atoms with Gasteiger partial charge in [0.05, 0.1) is 25.3 Å². The molecule has 0 saturated carbocycles. The maximum absolute atomic E-state index is 14.3. The molecule has 54 heavy (non-hydrogen) atoms. The average molecular weight is 775 g/mol. The van der Waals surface area contributed by atoms with E-state index in [9.17, 15) is 24.3 Å². The molecule has 0 radical (unpaired) electrons. The predicted octanol–water partition coefficient (Wildman–Crippen LogP) is 3.90. The van der Waals surface area contributed by atoms with Crippen molar-refractivity contribution in [3.8, 4) is 5.75 Å². The van der Waals surface area contributed by atoms with Crippen molar-refractivity contribution in [2.24, 2.45) is 11.8 Å². The lowest BCUT2D eigenvalue weighted by Crippen LogP contribution is -2.63. The SMILES string of the molecule is CC[C@@]12O[C@H]1[C@H](C)[C@@H]1C[C@@](O)(NC(=O)O1)[C@H](OC)/C=C/C=C(\C)Cc1cc(OC)c(Cl)c(c1)N(C)C(=O)C[C@@H]2OC(=O)[C@H](C)N(C)C(=O)C1CCNCC1. The highest BCUT2D eigenvalue weighted by Crippen LogP contribution is 2.51. The maximum Gasteiger partial charge on any atom is 0.409 e. The first kappa shape index (κ1) is 41.5. The number of hydrogen-bond donors (Lipinski definition) is 3. The van der Waals surface area contributed by atoms with Crippen molar-refractivity contribution in [2.45, 2.75) is 108 Å². The van der Waals surface area contributed by atoms with Crippen LogP contribution in [0.4, 0.5) is 10.5 Å². The molecule has 0 aliphatic carbocycles. The van der Waals surface area contributed by atoms with Gasteiger partial charge in [-0.1, -0.05) is 49.2 Å². The number of halogens is 1. The Hall–Kier alpha value is -3.69. The molecule has 3 fully saturated rings. The zero-order chi connectivity index (χ0) is 39.5. The van der Waals surface area contributed by atoms with Crippen LogP contribution in [0.2, 0.25) is 5.02 Å². The fourth-order valence-corrected chi connectivity index (χ4v) is 8.21. The molecule has 14 nitrogen and oxygen atoms in total. The number of carbonyl (C=O) groups excluding carboxylic acids is 4. The number of ether oxygens (including phenoxy) is 5. The van der Waals surface area contributed by atoms with Gasteiger partial charge < -0.3 is 43.9 Å². The van der Waals surface area contributed by atoms with Gasteiger partial charge in [0.2, 0.25) is 11.8 Å². The van der Waals surface area contributed by atoms with Crippen molar-refractivity contribution in [1.82, 2.24) is 15.5 Å². The van der Waals surface area contributed by atoms with Gasteiger partial charge >= 0.3 is 12.1 Å². The van der Waals surface area contributed by atoms with Gasteiger partial charge in [0.15, 0.2) is 5.72 Å². The first-order chi connectivity index (χ1) is 25.6. The number of nitrogens with zero attached hydrogens (tertiary/aromatic N) is 2. The minimum Gasteiger partial charge on any atom is -0.495 e. The summed E-state index contributed by atoms with van der Waals surface area (Å²) in [6.45, 7) is 8.67. The van der Waals surface area contributed by atoms with Crippen LogP contribution in [0, 0.1) is 11.8 Å². The highest BCUT2D eigenvalue weighted by atomic mass is 35.5. The van der Waals surface area contributed by atoms with Crippen molar-refractivity contribution in [3.63, 3.8) is 0 Å². The van der Waals surface area contributed by atoms with Crippen LogP contribution in [0.15, 0.2) is 35.9 Å². The minimum absolute atomic E-state index is 0.0397. The van der Waals surface area contributed by atoms with Crippen LogP contribution in [0.5, 0.6) is 5.75 Å². The molecule has 1 aromatic carbocycles. The zero-order valence-corrected chi connectivity index (χ0v) is 33.2. The quantitative estimate of drug-likeness (QED) is 0.272. The summed E-state index contributed by atoms with van der Waals surface area (Å²) < 4.78 is 29.6. The molecule has 0 unspecified atom stereocenters. The number of piperidine rings is 1. The Balaban J connectivity index is 1.54. The van der Waals surface area contributed by atoms with E-state index in [4.69, 9.17) is 35.3 Å². The number of nitrogens with one attached hydrogen (secondary N) is 2. The number of benzene rings is 1. The van der Waals surface area contributed by atoms with Crippen molar-refractivity contribution in [3.05, 3.63) is 46.5 Å². The van der Waals surface area contributed by atoms with Crippen LogP contribution in [0.3, 0.4) is 0 Å². The van der Waals surface area contributed by atoms with Gasteiger partial charge in [-0.25, -0.2) is 9.59 Å². The topological polar surface area (TPSA) is 169 Å². The summed E-state index contributed by atoms with van der Waals surface area (Å²) >= 11 is 6.80. The Morgan fingerprint density at radius 2 is 1.91 bits per heavy atom. The maximum atomic E-state index is 14.3. The van der Waals surface area contributed by atoms with Crippen molar-refractivity contribution in [1.29, 1.82) is 0 Å². The van der Waals surface area contributed by atoms with Gasteiger partial charge in [-0.05, 0) is 70.3 Å². The van der Waals surface area contributed by atoms with Crippen LogP contribution in [0.25, 0.3) is 0 Å². The Morgan fingerprint density at radius 1 is 1.20 bits per heavy atom. The monoisotopic (exact) mass is 774 g/mol. The van der Waals surface area contributed by atoms with E-state index in [1.54, 1.807) is 39.2 Å². The van der Waals surface area contributed by atoms with Crippen LogP contribution in [-0.4, -0.2) is 117 Å². The lowest BCUT2D eigenvalue weighted by molar-refractivity contribution is -0.163. The highest BCUT2D eigenvalue weighted by Gasteiger charge is 2.66. The van der Waals surface area contributed by atoms with Crippen molar-refractivity contribution >= 4 is 41.2 Å². The van der Waals surface area contributed by atoms with E-state index in [1.807, 2.05) is 32.9 Å². The number of anilines is 1. The number of epoxide rings is 1. The number of likely N-dealkylation sites (N-methyl/N-ethyl adjacent to an activating group) is 1. The summed E-state index contributed by atoms with van der Waals surface area (Å²) in [5, 5.41) is 17.8. The van der Waals surface area contributed by atoms with E-state index in [0.717, 1.165) is 24.2 Å². The van der Waals surface area contributed by atoms with Crippen molar-refractivity contribution < 1.29 is 48.0 Å². The van der Waals surface area contributed by atoms with E-state index < -0.39 is 65.7 Å². The molecule has 5 rings (SSSR count). The zero-order valence-electron chi connectivity index (χ0n) is 32.5. The lowest BCUT2D eigenvalue weighted by Gasteiger charge is -2.42. The van der Waals surface area contributed by atoms with Gasteiger partial charge in [0.25, 0.3) is 0 Å². The largest absolute Gasteiger partial charge is 0.495 e. The Morgan fingerprint density at radius 3 is 2.56 bits per heavy atom. The second-order valence-electron chi connectivity index (χ2n) is 15.0. The number of allylic oxidation sites excluding steroid dienone is 3. The number of alkyl carbamates (subject to hydrolysis) is 1. The molecule has 4 aliphatic heterocycles. The third-order valence-corrected chi connectivity index (χ3v) is 11.9. The number of methoxy groups -OCH3 is 2. The molecule has 4 bridgehead atoms. The summed E-state index contributed by atoms with van der Waals surface area (Å²) in [5.41, 5.74) is -0.826. The molecule has 0 spiro atoms. The third kappa shape index (κ3) is 8.57. The third-order valence-electron chi connectivity index (χ3n) is 11.5. The van der Waals surface area contributed by atoms with E-state index >= 15 is 0 Å². The summed E-state index contributed by atoms with van der Waals surface area (Å²) in [6.07, 6.45) is 2.76. The molecule has 8 atom stereocenters. The van der Waals surface area contributed by atoms with Crippen LogP contribution in [-0.2, 0) is 39.8 Å². The molecule has 4 aliphatic rings. The molecule has 298 valence electrons. The highest BCUT2D eigenvalue weighted by molar-refractivity contribution is 6.35. The van der Waals surface area contributed by atoms with Gasteiger partial charge in [-0.3, -0.25) is 14.9 Å². The predicted molar refractivity (Wildman–Crippen MR) is 201 cm³/mol. The lowest BCUT2D eigenvalue weighted by atomic mass is 9.82. The molecule has 15 heteroatoms. The number of aliphatic hydroxyl groups is 1. The Labute approximate surface area is 322 Å². The van der Waals surface area contributed by atoms with E-state index in [0.29, 0.717) is 37.1 Å². The molecule has 3 saturated heterocycles. The fraction of sp³-hybridized carbons (Fsp3) is 0.641. The number of amides is 3. The second-order valence-corrected chi connectivity index (χ2v) is 15.4. The van der Waals surface area contributed by atoms with Crippen LogP contribution in [0.1, 0.15) is 65.4 Å². The standard InChI is InChI=1S/C39H55ClN4O10/c1-9-38-31(53-36(47)24(4)43(5)35(46)26-13-15-41-16-14-26)20-32(45)44(6)27-18-25(19-28(50-7)33(27)40)17-22(2)11-10-12-30(51-8)39(49)21-29(52-37(48)42-39)23(3)34(38)54-38/h10-12,18-19,23-24,26,29-31,34,41,49H,9,13-17,20-21H2,1-8H3,(H,42,48)/b12-10+,22-11+/t23-,24+,29+,30-,31+,34+,38+,39+/m1/s1. The number of hydrogen-bond acceptors (Lipinski definition) is 11. The molecule has 3 N–H and O–H groups in total. The molecule has 3 amide bonds. The molecule has 4 heterocycles. The average Bonchev–Trinajstić information content (AvgIpc) is 3.90. The fourth-order valence-electron chi connectivity index (χ4n) is 7.90. The first-order valence-electron chi connectivity index (χ1n) is 18.7. The van der Waals surface area contributed by atoms with E-state index in [1.165, 1.54) is 24.0 Å².